The van der Waals surface area contributed by atoms with Gasteiger partial charge < -0.3 is 4.74 Å². The summed E-state index contributed by atoms with van der Waals surface area (Å²) in [5.41, 5.74) is 0.968. The quantitative estimate of drug-likeness (QED) is 0.263. The van der Waals surface area contributed by atoms with Crippen LogP contribution in [-0.4, -0.2) is 5.97 Å². The highest BCUT2D eigenvalue weighted by Crippen LogP contribution is 2.41. The Bertz CT molecular complexity index is 835. The minimum Gasteiger partial charge on any atom is -0.441 e. The van der Waals surface area contributed by atoms with Crippen LogP contribution in [0.15, 0.2) is 85.5 Å². The van der Waals surface area contributed by atoms with E-state index in [2.05, 4.69) is 6.58 Å². The zero-order valence-electron chi connectivity index (χ0n) is 14.2. The van der Waals surface area contributed by atoms with E-state index in [9.17, 15) is 4.79 Å². The monoisotopic (exact) mass is 416 g/mol. The van der Waals surface area contributed by atoms with Gasteiger partial charge in [-0.3, -0.25) is 0 Å². The SMILES string of the molecule is C=CC(=O)OC(c1ccc(Cl)cc1)(c1ccc(Cl)cc1)c1ccc(Cl)cc1. The summed E-state index contributed by atoms with van der Waals surface area (Å²) in [5, 5.41) is 1.74. The molecule has 0 amide bonds. The van der Waals surface area contributed by atoms with Crippen LogP contribution in [0.1, 0.15) is 16.7 Å². The summed E-state index contributed by atoms with van der Waals surface area (Å²) in [6, 6.07) is 21.4. The molecule has 3 aromatic rings. The second-order valence-corrected chi connectivity index (χ2v) is 7.14. The van der Waals surface area contributed by atoms with Gasteiger partial charge in [0.1, 0.15) is 0 Å². The first kappa shape index (κ1) is 19.5. The molecule has 136 valence electrons. The number of rotatable bonds is 5. The van der Waals surface area contributed by atoms with E-state index in [1.807, 2.05) is 36.4 Å². The Morgan fingerprint density at radius 2 is 1.00 bits per heavy atom. The van der Waals surface area contributed by atoms with Crippen molar-refractivity contribution in [1.82, 2.24) is 0 Å². The number of hydrogen-bond donors (Lipinski definition) is 0. The molecule has 2 nitrogen and oxygen atoms in total. The maximum atomic E-state index is 12.3. The summed E-state index contributed by atoms with van der Waals surface area (Å²) in [4.78, 5) is 12.3. The van der Waals surface area contributed by atoms with Gasteiger partial charge in [-0.2, -0.15) is 0 Å². The number of halogens is 3. The Balaban J connectivity index is 2.33. The zero-order valence-corrected chi connectivity index (χ0v) is 16.4. The molecule has 0 bridgehead atoms. The van der Waals surface area contributed by atoms with Crippen LogP contribution in [0.2, 0.25) is 15.1 Å². The fourth-order valence-corrected chi connectivity index (χ4v) is 3.30. The molecule has 0 unspecified atom stereocenters. The summed E-state index contributed by atoms with van der Waals surface area (Å²) in [6.07, 6.45) is 1.14. The molecule has 0 N–H and O–H groups in total. The van der Waals surface area contributed by atoms with Crippen LogP contribution in [0.4, 0.5) is 0 Å². The highest BCUT2D eigenvalue weighted by Gasteiger charge is 2.40. The molecule has 0 fully saturated rings. The number of carbonyl (C=O) groups is 1. The zero-order chi connectivity index (χ0) is 19.4. The Hall–Kier alpha value is -2.26. The maximum absolute atomic E-state index is 12.3. The normalized spacial score (nSPS) is 11.1. The molecule has 0 saturated carbocycles. The van der Waals surface area contributed by atoms with Crippen LogP contribution in [0, 0.1) is 0 Å². The van der Waals surface area contributed by atoms with E-state index in [4.69, 9.17) is 39.5 Å². The van der Waals surface area contributed by atoms with Gasteiger partial charge >= 0.3 is 5.97 Å². The van der Waals surface area contributed by atoms with E-state index in [1.54, 1.807) is 36.4 Å². The maximum Gasteiger partial charge on any atom is 0.331 e. The molecule has 0 radical (unpaired) electrons. The van der Waals surface area contributed by atoms with Crippen molar-refractivity contribution in [2.45, 2.75) is 5.60 Å². The molecule has 27 heavy (non-hydrogen) atoms. The number of esters is 1. The summed E-state index contributed by atoms with van der Waals surface area (Å²) in [6.45, 7) is 3.53. The Labute approximate surface area is 173 Å². The molecule has 5 heteroatoms. The van der Waals surface area contributed by atoms with Crippen LogP contribution in [0.25, 0.3) is 0 Å². The lowest BCUT2D eigenvalue weighted by molar-refractivity contribution is -0.147. The topological polar surface area (TPSA) is 26.3 Å². The average Bonchev–Trinajstić information content (AvgIpc) is 2.68. The Kier molecular flexibility index (Phi) is 5.91. The summed E-state index contributed by atoms with van der Waals surface area (Å²) >= 11 is 18.2. The fourth-order valence-electron chi connectivity index (χ4n) is 2.92. The third-order valence-corrected chi connectivity index (χ3v) is 4.93. The van der Waals surface area contributed by atoms with Gasteiger partial charge in [-0.1, -0.05) is 77.8 Å². The lowest BCUT2D eigenvalue weighted by atomic mass is 9.80. The number of benzene rings is 3. The summed E-state index contributed by atoms with van der Waals surface area (Å²) < 4.78 is 5.98. The molecular formula is C22H15Cl3O2. The van der Waals surface area contributed by atoms with Crippen molar-refractivity contribution in [1.29, 1.82) is 0 Å². The van der Waals surface area contributed by atoms with Gasteiger partial charge in [-0.15, -0.1) is 0 Å². The van der Waals surface area contributed by atoms with Gasteiger partial charge in [-0.05, 0) is 36.4 Å². The smallest absolute Gasteiger partial charge is 0.331 e. The lowest BCUT2D eigenvalue weighted by Crippen LogP contribution is -2.34. The van der Waals surface area contributed by atoms with Crippen LogP contribution in [-0.2, 0) is 15.1 Å². The van der Waals surface area contributed by atoms with E-state index in [-0.39, 0.29) is 0 Å². The first-order chi connectivity index (χ1) is 13.0. The van der Waals surface area contributed by atoms with Gasteiger partial charge in [0.05, 0.1) is 0 Å². The van der Waals surface area contributed by atoms with Gasteiger partial charge in [0.2, 0.25) is 0 Å². The standard InChI is InChI=1S/C22H15Cl3O2/c1-2-21(26)27-22(15-3-9-18(23)10-4-15,16-5-11-19(24)12-6-16)17-7-13-20(25)14-8-17/h2-14H,1H2. The predicted molar refractivity (Wildman–Crippen MR) is 111 cm³/mol. The van der Waals surface area contributed by atoms with Crippen molar-refractivity contribution < 1.29 is 9.53 Å². The number of hydrogen-bond acceptors (Lipinski definition) is 2. The first-order valence-electron chi connectivity index (χ1n) is 8.09. The van der Waals surface area contributed by atoms with Crippen molar-refractivity contribution in [3.8, 4) is 0 Å². The average molecular weight is 418 g/mol. The van der Waals surface area contributed by atoms with Crippen molar-refractivity contribution in [3.63, 3.8) is 0 Å². The van der Waals surface area contributed by atoms with Gasteiger partial charge in [0.25, 0.3) is 0 Å². The minimum absolute atomic E-state index is 0.560. The number of carbonyl (C=O) groups excluding carboxylic acids is 1. The molecule has 3 rings (SSSR count). The van der Waals surface area contributed by atoms with Crippen LogP contribution in [0.3, 0.4) is 0 Å². The second-order valence-electron chi connectivity index (χ2n) is 5.83. The van der Waals surface area contributed by atoms with E-state index in [0.29, 0.717) is 15.1 Å². The van der Waals surface area contributed by atoms with Crippen LogP contribution < -0.4 is 0 Å². The molecule has 0 spiro atoms. The molecule has 0 heterocycles. The molecule has 0 aromatic heterocycles. The summed E-state index contributed by atoms with van der Waals surface area (Å²) in [5.74, 6) is -0.560. The molecule has 0 aliphatic carbocycles. The predicted octanol–water partition coefficient (Wildman–Crippen LogP) is 6.67. The molecule has 0 aliphatic heterocycles. The molecule has 0 atom stereocenters. The van der Waals surface area contributed by atoms with Crippen molar-refractivity contribution >= 4 is 40.8 Å². The van der Waals surface area contributed by atoms with Crippen LogP contribution >= 0.6 is 34.8 Å². The van der Waals surface area contributed by atoms with Crippen molar-refractivity contribution in [2.75, 3.05) is 0 Å². The Morgan fingerprint density at radius 1 is 0.704 bits per heavy atom. The fraction of sp³-hybridized carbons (Fsp3) is 0.0455. The molecule has 3 aromatic carbocycles. The van der Waals surface area contributed by atoms with Gasteiger partial charge in [-0.25, -0.2) is 4.79 Å². The third kappa shape index (κ3) is 4.03. The molecular weight excluding hydrogens is 403 g/mol. The first-order valence-corrected chi connectivity index (χ1v) is 9.22. The number of ether oxygens (including phenoxy) is 1. The van der Waals surface area contributed by atoms with Crippen molar-refractivity contribution in [2.24, 2.45) is 0 Å². The summed E-state index contributed by atoms with van der Waals surface area (Å²) in [7, 11) is 0. The van der Waals surface area contributed by atoms with Crippen molar-refractivity contribution in [3.05, 3.63) is 117 Å². The Morgan fingerprint density at radius 3 is 1.26 bits per heavy atom. The second kappa shape index (κ2) is 8.18. The molecule has 0 saturated heterocycles. The van der Waals surface area contributed by atoms with Gasteiger partial charge in [0.15, 0.2) is 5.60 Å². The van der Waals surface area contributed by atoms with Crippen LogP contribution in [0.5, 0.6) is 0 Å². The van der Waals surface area contributed by atoms with E-state index in [0.717, 1.165) is 22.8 Å². The highest BCUT2D eigenvalue weighted by molar-refractivity contribution is 6.31. The molecule has 0 aliphatic rings. The van der Waals surface area contributed by atoms with E-state index in [1.165, 1.54) is 0 Å². The van der Waals surface area contributed by atoms with E-state index >= 15 is 0 Å². The minimum atomic E-state index is -1.22. The lowest BCUT2D eigenvalue weighted by Gasteiger charge is -2.35. The highest BCUT2D eigenvalue weighted by atomic mass is 35.5. The third-order valence-electron chi connectivity index (χ3n) is 4.17. The van der Waals surface area contributed by atoms with E-state index < -0.39 is 11.6 Å². The largest absolute Gasteiger partial charge is 0.441 e. The van der Waals surface area contributed by atoms with Gasteiger partial charge in [0, 0.05) is 37.8 Å².